The van der Waals surface area contributed by atoms with Gasteiger partial charge in [0.05, 0.1) is 11.4 Å². The lowest BCUT2D eigenvalue weighted by atomic mass is 10.1. The Morgan fingerprint density at radius 2 is 2.00 bits per heavy atom. The maximum atomic E-state index is 12.4. The van der Waals surface area contributed by atoms with E-state index >= 15 is 0 Å². The van der Waals surface area contributed by atoms with Crippen molar-refractivity contribution in [2.45, 2.75) is 12.7 Å². The van der Waals surface area contributed by atoms with E-state index in [0.29, 0.717) is 11.5 Å². The van der Waals surface area contributed by atoms with Crippen molar-refractivity contribution in [1.82, 2.24) is 14.4 Å². The molecule has 4 rings (SSSR count). The molecular weight excluding hydrogens is 368 g/mol. The van der Waals surface area contributed by atoms with Crippen LogP contribution < -0.4 is 5.32 Å². The molecule has 28 heavy (non-hydrogen) atoms. The molecule has 0 aliphatic carbocycles. The van der Waals surface area contributed by atoms with Crippen LogP contribution in [0.5, 0.6) is 0 Å². The second-order valence-electron chi connectivity index (χ2n) is 6.51. The number of hydrogen-bond acceptors (Lipinski definition) is 4. The monoisotopic (exact) mass is 388 g/mol. The third kappa shape index (κ3) is 4.23. The minimum Gasteiger partial charge on any atom is -0.325 e. The highest BCUT2D eigenvalue weighted by molar-refractivity contribution is 7.99. The number of thioether (sulfide) groups is 1. The number of carbonyl (C=O) groups excluding carboxylic acids is 1. The molecule has 0 saturated carbocycles. The summed E-state index contributed by atoms with van der Waals surface area (Å²) in [5.74, 6) is 1.89. The first-order chi connectivity index (χ1) is 13.7. The van der Waals surface area contributed by atoms with E-state index in [9.17, 15) is 4.79 Å². The van der Waals surface area contributed by atoms with Crippen LogP contribution in [0, 0.1) is 6.92 Å². The maximum absolute atomic E-state index is 12.4. The first-order valence-electron chi connectivity index (χ1n) is 9.01. The Morgan fingerprint density at radius 1 is 1.14 bits per heavy atom. The molecule has 1 N–H and O–H groups in total. The van der Waals surface area contributed by atoms with E-state index in [2.05, 4.69) is 27.4 Å². The first kappa shape index (κ1) is 18.3. The standard InChI is InChI=1S/C22H20N4OS/c1-16-8-9-18(20-13-26-11-5-10-23-22(26)25-20)12-19(16)24-21(27)15-28-14-17-6-3-2-4-7-17/h2-13H,14-15H2,1H3,(H,24,27). The largest absolute Gasteiger partial charge is 0.325 e. The van der Waals surface area contributed by atoms with Crippen LogP contribution in [0.25, 0.3) is 17.0 Å². The molecule has 0 aliphatic rings. The molecule has 0 aliphatic heterocycles. The summed E-state index contributed by atoms with van der Waals surface area (Å²) in [5.41, 5.74) is 4.83. The average molecular weight is 388 g/mol. The number of imidazole rings is 1. The Morgan fingerprint density at radius 3 is 2.82 bits per heavy atom. The van der Waals surface area contributed by atoms with Crippen LogP contribution in [-0.4, -0.2) is 26.0 Å². The highest BCUT2D eigenvalue weighted by Crippen LogP contribution is 2.25. The van der Waals surface area contributed by atoms with Crippen LogP contribution in [0.15, 0.2) is 73.2 Å². The molecule has 0 fully saturated rings. The number of rotatable bonds is 6. The van der Waals surface area contributed by atoms with Crippen LogP contribution in [0.2, 0.25) is 0 Å². The van der Waals surface area contributed by atoms with Gasteiger partial charge in [-0.25, -0.2) is 9.97 Å². The summed E-state index contributed by atoms with van der Waals surface area (Å²) < 4.78 is 1.88. The minimum absolute atomic E-state index is 0.00199. The van der Waals surface area contributed by atoms with E-state index in [1.807, 2.05) is 66.2 Å². The summed E-state index contributed by atoms with van der Waals surface area (Å²) >= 11 is 1.61. The molecule has 0 saturated heterocycles. The lowest BCUT2D eigenvalue weighted by molar-refractivity contribution is -0.113. The number of amides is 1. The topological polar surface area (TPSA) is 59.3 Å². The molecule has 0 unspecified atom stereocenters. The van der Waals surface area contributed by atoms with Gasteiger partial charge in [0.2, 0.25) is 11.7 Å². The number of fused-ring (bicyclic) bond motifs is 1. The molecular formula is C22H20N4OS. The number of nitrogens with one attached hydrogen (secondary N) is 1. The molecule has 2 heterocycles. The molecule has 5 nitrogen and oxygen atoms in total. The van der Waals surface area contributed by atoms with Gasteiger partial charge < -0.3 is 5.32 Å². The van der Waals surface area contributed by atoms with Crippen LogP contribution >= 0.6 is 11.8 Å². The summed E-state index contributed by atoms with van der Waals surface area (Å²) in [7, 11) is 0. The van der Waals surface area contributed by atoms with Gasteiger partial charge in [0.25, 0.3) is 0 Å². The number of carbonyl (C=O) groups is 1. The van der Waals surface area contributed by atoms with E-state index in [1.54, 1.807) is 18.0 Å². The highest BCUT2D eigenvalue weighted by atomic mass is 32.2. The van der Waals surface area contributed by atoms with Crippen molar-refractivity contribution in [2.75, 3.05) is 11.1 Å². The summed E-state index contributed by atoms with van der Waals surface area (Å²) in [5, 5.41) is 3.03. The summed E-state index contributed by atoms with van der Waals surface area (Å²) in [6.07, 6.45) is 5.58. The van der Waals surface area contributed by atoms with Crippen molar-refractivity contribution in [1.29, 1.82) is 0 Å². The van der Waals surface area contributed by atoms with Gasteiger partial charge in [-0.3, -0.25) is 9.20 Å². The van der Waals surface area contributed by atoms with Gasteiger partial charge in [-0.05, 0) is 30.2 Å². The zero-order valence-corrected chi connectivity index (χ0v) is 16.3. The Bertz CT molecular complexity index is 1070. The van der Waals surface area contributed by atoms with Gasteiger partial charge in [-0.2, -0.15) is 0 Å². The zero-order chi connectivity index (χ0) is 19.3. The van der Waals surface area contributed by atoms with E-state index in [-0.39, 0.29) is 5.91 Å². The summed E-state index contributed by atoms with van der Waals surface area (Å²) in [6, 6.07) is 18.0. The lowest BCUT2D eigenvalue weighted by Crippen LogP contribution is -2.15. The number of aromatic nitrogens is 3. The van der Waals surface area contributed by atoms with E-state index in [4.69, 9.17) is 0 Å². The lowest BCUT2D eigenvalue weighted by Gasteiger charge is -2.10. The quantitative estimate of drug-likeness (QED) is 0.525. The van der Waals surface area contributed by atoms with Crippen molar-refractivity contribution < 1.29 is 4.79 Å². The molecule has 0 spiro atoms. The van der Waals surface area contributed by atoms with Crippen molar-refractivity contribution >= 4 is 29.1 Å². The predicted molar refractivity (Wildman–Crippen MR) is 114 cm³/mol. The maximum Gasteiger partial charge on any atom is 0.234 e. The number of nitrogens with zero attached hydrogens (tertiary/aromatic N) is 3. The van der Waals surface area contributed by atoms with Crippen molar-refractivity contribution in [3.63, 3.8) is 0 Å². The van der Waals surface area contributed by atoms with Gasteiger partial charge >= 0.3 is 0 Å². The van der Waals surface area contributed by atoms with Crippen LogP contribution in [-0.2, 0) is 10.5 Å². The van der Waals surface area contributed by atoms with E-state index < -0.39 is 0 Å². The van der Waals surface area contributed by atoms with Gasteiger partial charge in [0, 0.05) is 35.6 Å². The number of anilines is 1. The van der Waals surface area contributed by atoms with Crippen LogP contribution in [0.4, 0.5) is 5.69 Å². The van der Waals surface area contributed by atoms with Crippen molar-refractivity contribution in [3.8, 4) is 11.3 Å². The Balaban J connectivity index is 1.44. The van der Waals surface area contributed by atoms with Crippen molar-refractivity contribution in [2.24, 2.45) is 0 Å². The average Bonchev–Trinajstić information content (AvgIpc) is 3.15. The fourth-order valence-corrected chi connectivity index (χ4v) is 3.69. The second kappa shape index (κ2) is 8.27. The van der Waals surface area contributed by atoms with Gasteiger partial charge in [0.1, 0.15) is 0 Å². The zero-order valence-electron chi connectivity index (χ0n) is 15.5. The van der Waals surface area contributed by atoms with Gasteiger partial charge in [-0.1, -0.05) is 42.5 Å². The fourth-order valence-electron chi connectivity index (χ4n) is 2.91. The van der Waals surface area contributed by atoms with Crippen LogP contribution in [0.1, 0.15) is 11.1 Å². The molecule has 4 aromatic rings. The molecule has 1 amide bonds. The predicted octanol–water partition coefficient (Wildman–Crippen LogP) is 4.58. The molecule has 2 aromatic heterocycles. The Kier molecular flexibility index (Phi) is 5.39. The van der Waals surface area contributed by atoms with Gasteiger partial charge in [-0.15, -0.1) is 11.8 Å². The number of aryl methyl sites for hydroxylation is 1. The van der Waals surface area contributed by atoms with Gasteiger partial charge in [0.15, 0.2) is 0 Å². The molecule has 6 heteroatoms. The minimum atomic E-state index is -0.00199. The molecule has 0 bridgehead atoms. The summed E-state index contributed by atoms with van der Waals surface area (Å²) in [6.45, 7) is 1.99. The van der Waals surface area contributed by atoms with Crippen molar-refractivity contribution in [3.05, 3.63) is 84.3 Å². The number of benzene rings is 2. The SMILES string of the molecule is Cc1ccc(-c2cn3cccnc3n2)cc1NC(=O)CSCc1ccccc1. The third-order valence-corrected chi connectivity index (χ3v) is 5.39. The smallest absolute Gasteiger partial charge is 0.234 e. The van der Waals surface area contributed by atoms with E-state index in [0.717, 1.165) is 28.3 Å². The molecule has 0 atom stereocenters. The summed E-state index contributed by atoms with van der Waals surface area (Å²) in [4.78, 5) is 21.2. The molecule has 140 valence electrons. The normalized spacial score (nSPS) is 10.9. The number of hydrogen-bond donors (Lipinski definition) is 1. The Hall–Kier alpha value is -3.12. The third-order valence-electron chi connectivity index (χ3n) is 4.39. The Labute approximate surface area is 167 Å². The fraction of sp³-hybridized carbons (Fsp3) is 0.136. The van der Waals surface area contributed by atoms with Crippen LogP contribution in [0.3, 0.4) is 0 Å². The first-order valence-corrected chi connectivity index (χ1v) is 10.2. The molecule has 0 radical (unpaired) electrons. The second-order valence-corrected chi connectivity index (χ2v) is 7.49. The molecule has 2 aromatic carbocycles. The van der Waals surface area contributed by atoms with E-state index in [1.165, 1.54) is 5.56 Å². The highest BCUT2D eigenvalue weighted by Gasteiger charge is 2.10.